The summed E-state index contributed by atoms with van der Waals surface area (Å²) in [5, 5.41) is 1.30. The van der Waals surface area contributed by atoms with Gasteiger partial charge in [0.15, 0.2) is 0 Å². The lowest BCUT2D eigenvalue weighted by molar-refractivity contribution is -0.121. The Morgan fingerprint density at radius 3 is 2.60 bits per heavy atom. The van der Waals surface area contributed by atoms with E-state index in [2.05, 4.69) is 29.2 Å². The highest BCUT2D eigenvalue weighted by molar-refractivity contribution is 5.81. The van der Waals surface area contributed by atoms with Crippen molar-refractivity contribution in [2.75, 3.05) is 33.4 Å². The molecular formula is C26H37NO3. The van der Waals surface area contributed by atoms with E-state index in [9.17, 15) is 4.79 Å². The lowest BCUT2D eigenvalue weighted by atomic mass is 9.78. The molecule has 1 saturated carbocycles. The van der Waals surface area contributed by atoms with Gasteiger partial charge in [-0.1, -0.05) is 25.0 Å². The molecule has 0 unspecified atom stereocenters. The van der Waals surface area contributed by atoms with E-state index in [4.69, 9.17) is 9.15 Å². The summed E-state index contributed by atoms with van der Waals surface area (Å²) in [6.07, 6.45) is 12.1. The highest BCUT2D eigenvalue weighted by Crippen LogP contribution is 2.35. The Bertz CT molecular complexity index is 797. The van der Waals surface area contributed by atoms with Crippen LogP contribution in [0.3, 0.4) is 0 Å². The molecule has 2 aliphatic rings. The van der Waals surface area contributed by atoms with Gasteiger partial charge in [0.2, 0.25) is 0 Å². The summed E-state index contributed by atoms with van der Waals surface area (Å²) in [4.78, 5) is 14.7. The monoisotopic (exact) mass is 411 g/mol. The molecule has 4 heteroatoms. The number of carbonyl (C=O) groups is 1. The van der Waals surface area contributed by atoms with Crippen LogP contribution in [-0.2, 0) is 9.53 Å². The van der Waals surface area contributed by atoms with Gasteiger partial charge in [-0.05, 0) is 87.2 Å². The maximum Gasteiger partial charge on any atom is 0.135 e. The normalized spacial score (nSPS) is 23.8. The minimum Gasteiger partial charge on any atom is -0.464 e. The zero-order valence-electron chi connectivity index (χ0n) is 18.5. The number of piperidine rings is 1. The standard InChI is InChI=1S/C26H37NO3/c1-29-17-12-23(28)19-21-7-5-20(6-8-21)9-14-27-15-10-22(11-16-27)24-3-2-4-26-25(24)13-18-30-26/h2-4,13,18,20-22H,5-12,14-17,19H2,1H3. The SMILES string of the molecule is COCCC(=O)CC1CCC(CCN2CCC(c3cccc4occc34)CC2)CC1. The zero-order valence-corrected chi connectivity index (χ0v) is 18.5. The summed E-state index contributed by atoms with van der Waals surface area (Å²) in [7, 11) is 1.67. The van der Waals surface area contributed by atoms with Gasteiger partial charge in [-0.2, -0.15) is 0 Å². The first-order chi connectivity index (χ1) is 14.7. The lowest BCUT2D eigenvalue weighted by Gasteiger charge is -2.34. The Morgan fingerprint density at radius 2 is 1.83 bits per heavy atom. The van der Waals surface area contributed by atoms with E-state index in [1.54, 1.807) is 7.11 Å². The Morgan fingerprint density at radius 1 is 1.07 bits per heavy atom. The van der Waals surface area contributed by atoms with Crippen LogP contribution in [0.1, 0.15) is 69.3 Å². The van der Waals surface area contributed by atoms with Crippen molar-refractivity contribution in [2.45, 2.75) is 63.7 Å². The third kappa shape index (κ3) is 5.53. The third-order valence-electron chi connectivity index (χ3n) is 7.48. The summed E-state index contributed by atoms with van der Waals surface area (Å²) < 4.78 is 10.6. The molecular weight excluding hydrogens is 374 g/mol. The number of Topliss-reactive ketones (excluding diaryl/α,β-unsaturated/α-hetero) is 1. The van der Waals surface area contributed by atoms with Gasteiger partial charge in [-0.15, -0.1) is 0 Å². The van der Waals surface area contributed by atoms with Crippen LogP contribution in [0.4, 0.5) is 0 Å². The largest absolute Gasteiger partial charge is 0.464 e. The smallest absolute Gasteiger partial charge is 0.135 e. The van der Waals surface area contributed by atoms with Crippen molar-refractivity contribution in [1.29, 1.82) is 0 Å². The summed E-state index contributed by atoms with van der Waals surface area (Å²) in [6.45, 7) is 4.23. The second kappa shape index (κ2) is 10.6. The first-order valence-corrected chi connectivity index (χ1v) is 11.9. The van der Waals surface area contributed by atoms with Crippen molar-refractivity contribution < 1.29 is 13.9 Å². The maximum absolute atomic E-state index is 12.0. The van der Waals surface area contributed by atoms with Crippen LogP contribution in [0, 0.1) is 11.8 Å². The number of fused-ring (bicyclic) bond motifs is 1. The molecule has 2 aromatic rings. The minimum atomic E-state index is 0.384. The van der Waals surface area contributed by atoms with E-state index in [-0.39, 0.29) is 0 Å². The van der Waals surface area contributed by atoms with Crippen molar-refractivity contribution in [3.05, 3.63) is 36.1 Å². The number of nitrogens with zero attached hydrogens (tertiary/aromatic N) is 1. The van der Waals surface area contributed by atoms with Gasteiger partial charge >= 0.3 is 0 Å². The molecule has 4 rings (SSSR count). The Hall–Kier alpha value is -1.65. The van der Waals surface area contributed by atoms with Crippen molar-refractivity contribution in [1.82, 2.24) is 4.90 Å². The molecule has 0 radical (unpaired) electrons. The number of benzene rings is 1. The second-order valence-electron chi connectivity index (χ2n) is 9.46. The fourth-order valence-corrected chi connectivity index (χ4v) is 5.57. The molecule has 1 saturated heterocycles. The summed E-state index contributed by atoms with van der Waals surface area (Å²) >= 11 is 0. The molecule has 0 N–H and O–H groups in total. The summed E-state index contributed by atoms with van der Waals surface area (Å²) in [6, 6.07) is 8.61. The summed E-state index contributed by atoms with van der Waals surface area (Å²) in [5.41, 5.74) is 2.49. The molecule has 1 aliphatic carbocycles. The first-order valence-electron chi connectivity index (χ1n) is 11.9. The van der Waals surface area contributed by atoms with Crippen molar-refractivity contribution in [2.24, 2.45) is 11.8 Å². The second-order valence-corrected chi connectivity index (χ2v) is 9.46. The van der Waals surface area contributed by atoms with Crippen LogP contribution in [0.2, 0.25) is 0 Å². The number of likely N-dealkylation sites (tertiary alicyclic amines) is 1. The number of ketones is 1. The number of rotatable bonds is 9. The topological polar surface area (TPSA) is 42.7 Å². The molecule has 0 amide bonds. The number of hydrogen-bond donors (Lipinski definition) is 0. The lowest BCUT2D eigenvalue weighted by Crippen LogP contribution is -2.34. The van der Waals surface area contributed by atoms with Gasteiger partial charge in [0, 0.05) is 25.3 Å². The zero-order chi connectivity index (χ0) is 20.8. The van der Waals surface area contributed by atoms with E-state index in [1.807, 2.05) is 6.26 Å². The third-order valence-corrected chi connectivity index (χ3v) is 7.48. The average molecular weight is 412 g/mol. The van der Waals surface area contributed by atoms with E-state index < -0.39 is 0 Å². The van der Waals surface area contributed by atoms with E-state index in [0.29, 0.717) is 30.6 Å². The fourth-order valence-electron chi connectivity index (χ4n) is 5.57. The van der Waals surface area contributed by atoms with E-state index in [1.165, 1.54) is 75.5 Å². The van der Waals surface area contributed by atoms with Gasteiger partial charge in [0.05, 0.1) is 12.9 Å². The van der Waals surface area contributed by atoms with Gasteiger partial charge in [0.1, 0.15) is 11.4 Å². The predicted molar refractivity (Wildman–Crippen MR) is 121 cm³/mol. The average Bonchev–Trinajstić information content (AvgIpc) is 3.27. The Labute approximate surface area is 180 Å². The highest BCUT2D eigenvalue weighted by atomic mass is 16.5. The molecule has 2 heterocycles. The van der Waals surface area contributed by atoms with Crippen molar-refractivity contribution >= 4 is 16.8 Å². The minimum absolute atomic E-state index is 0.384. The van der Waals surface area contributed by atoms with Crippen molar-refractivity contribution in [3.63, 3.8) is 0 Å². The number of furan rings is 1. The predicted octanol–water partition coefficient (Wildman–Crippen LogP) is 5.80. The molecule has 164 valence electrons. The maximum atomic E-state index is 12.0. The number of ether oxygens (including phenoxy) is 1. The van der Waals surface area contributed by atoms with Gasteiger partial charge in [0.25, 0.3) is 0 Å². The Kier molecular flexibility index (Phi) is 7.62. The highest BCUT2D eigenvalue weighted by Gasteiger charge is 2.25. The quantitative estimate of drug-likeness (QED) is 0.523. The van der Waals surface area contributed by atoms with Gasteiger partial charge < -0.3 is 14.1 Å². The van der Waals surface area contributed by atoms with Crippen LogP contribution in [-0.4, -0.2) is 44.0 Å². The molecule has 4 nitrogen and oxygen atoms in total. The van der Waals surface area contributed by atoms with Crippen LogP contribution >= 0.6 is 0 Å². The molecule has 30 heavy (non-hydrogen) atoms. The molecule has 0 atom stereocenters. The first kappa shape index (κ1) is 21.6. The van der Waals surface area contributed by atoms with E-state index in [0.717, 1.165) is 17.9 Å². The molecule has 1 aromatic heterocycles. The number of carbonyl (C=O) groups excluding carboxylic acids is 1. The van der Waals surface area contributed by atoms with Crippen LogP contribution in [0.5, 0.6) is 0 Å². The van der Waals surface area contributed by atoms with Crippen LogP contribution < -0.4 is 0 Å². The number of methoxy groups -OCH3 is 1. The van der Waals surface area contributed by atoms with Gasteiger partial charge in [-0.25, -0.2) is 0 Å². The fraction of sp³-hybridized carbons (Fsp3) is 0.654. The van der Waals surface area contributed by atoms with Crippen LogP contribution in [0.25, 0.3) is 11.0 Å². The summed E-state index contributed by atoms with van der Waals surface area (Å²) in [5.74, 6) is 2.52. The molecule has 0 bridgehead atoms. The number of hydrogen-bond acceptors (Lipinski definition) is 4. The molecule has 1 aromatic carbocycles. The molecule has 1 aliphatic heterocycles. The Balaban J connectivity index is 1.15. The molecule has 2 fully saturated rings. The van der Waals surface area contributed by atoms with E-state index >= 15 is 0 Å². The van der Waals surface area contributed by atoms with Gasteiger partial charge in [-0.3, -0.25) is 4.79 Å². The van der Waals surface area contributed by atoms with Crippen LogP contribution in [0.15, 0.2) is 34.9 Å². The molecule has 0 spiro atoms. The van der Waals surface area contributed by atoms with Crippen molar-refractivity contribution in [3.8, 4) is 0 Å².